The molecule has 0 fully saturated rings. The fourth-order valence-electron chi connectivity index (χ4n) is 3.33. The number of aromatic nitrogens is 2. The molecule has 1 heterocycles. The summed E-state index contributed by atoms with van der Waals surface area (Å²) in [5.41, 5.74) is 1.45. The fraction of sp³-hybridized carbons (Fsp3) is 0.167. The van der Waals surface area contributed by atoms with Gasteiger partial charge in [-0.15, -0.1) is 0 Å². The van der Waals surface area contributed by atoms with E-state index in [0.29, 0.717) is 47.1 Å². The van der Waals surface area contributed by atoms with Crippen LogP contribution in [0.4, 0.5) is 0 Å². The van der Waals surface area contributed by atoms with E-state index in [9.17, 15) is 4.79 Å². The zero-order valence-corrected chi connectivity index (χ0v) is 19.2. The fourth-order valence-corrected chi connectivity index (χ4v) is 4.06. The first kappa shape index (κ1) is 21.4. The van der Waals surface area contributed by atoms with Crippen molar-refractivity contribution in [2.75, 3.05) is 13.7 Å². The van der Waals surface area contributed by atoms with Crippen LogP contribution < -0.4 is 15.0 Å². The van der Waals surface area contributed by atoms with E-state index in [2.05, 4.69) is 15.9 Å². The smallest absolute Gasteiger partial charge is 0.261 e. The van der Waals surface area contributed by atoms with Crippen molar-refractivity contribution in [3.8, 4) is 22.9 Å². The van der Waals surface area contributed by atoms with E-state index < -0.39 is 0 Å². The minimum Gasteiger partial charge on any atom is -0.497 e. The van der Waals surface area contributed by atoms with Gasteiger partial charge in [-0.1, -0.05) is 39.7 Å². The molecule has 0 spiro atoms. The van der Waals surface area contributed by atoms with Crippen LogP contribution in [0, 0.1) is 0 Å². The first-order valence-electron chi connectivity index (χ1n) is 9.78. The standard InChI is InChI=1S/C24H20BrClN2O3/c1-30-18-10-7-16(8-11-18)23-27-21-6-3-2-5-19(21)24(29)28(23)13-4-14-31-22-12-9-17(25)15-20(22)26/h2-3,5-12,15H,4,13-14H2,1H3. The second-order valence-corrected chi connectivity index (χ2v) is 8.24. The molecule has 0 N–H and O–H groups in total. The third-order valence-electron chi connectivity index (χ3n) is 4.89. The summed E-state index contributed by atoms with van der Waals surface area (Å²) >= 11 is 9.60. The number of para-hydroxylation sites is 1. The number of hydrogen-bond acceptors (Lipinski definition) is 4. The molecule has 0 amide bonds. The van der Waals surface area contributed by atoms with Gasteiger partial charge < -0.3 is 9.47 Å². The molecule has 158 valence electrons. The predicted octanol–water partition coefficient (Wildman–Crippen LogP) is 5.96. The number of fused-ring (bicyclic) bond motifs is 1. The number of nitrogens with zero attached hydrogens (tertiary/aromatic N) is 2. The van der Waals surface area contributed by atoms with Crippen LogP contribution in [0.15, 0.2) is 76.0 Å². The van der Waals surface area contributed by atoms with Crippen LogP contribution in [0.25, 0.3) is 22.3 Å². The summed E-state index contributed by atoms with van der Waals surface area (Å²) in [6.45, 7) is 0.884. The number of ether oxygens (including phenoxy) is 2. The monoisotopic (exact) mass is 498 g/mol. The summed E-state index contributed by atoms with van der Waals surface area (Å²) in [6.07, 6.45) is 0.621. The maximum atomic E-state index is 13.2. The van der Waals surface area contributed by atoms with Crippen molar-refractivity contribution < 1.29 is 9.47 Å². The molecule has 0 atom stereocenters. The Bertz CT molecular complexity index is 1270. The molecular formula is C24H20BrClN2O3. The summed E-state index contributed by atoms with van der Waals surface area (Å²) in [5, 5.41) is 1.13. The zero-order chi connectivity index (χ0) is 21.8. The Kier molecular flexibility index (Phi) is 6.59. The van der Waals surface area contributed by atoms with Gasteiger partial charge in [0.15, 0.2) is 0 Å². The van der Waals surface area contributed by atoms with E-state index in [1.807, 2.05) is 54.6 Å². The predicted molar refractivity (Wildman–Crippen MR) is 127 cm³/mol. The highest BCUT2D eigenvalue weighted by atomic mass is 79.9. The molecule has 31 heavy (non-hydrogen) atoms. The van der Waals surface area contributed by atoms with Gasteiger partial charge in [0.25, 0.3) is 5.56 Å². The van der Waals surface area contributed by atoms with Crippen LogP contribution in [0.1, 0.15) is 6.42 Å². The number of benzene rings is 3. The molecule has 0 radical (unpaired) electrons. The summed E-state index contributed by atoms with van der Waals surface area (Å²) in [7, 11) is 1.62. The molecule has 0 aliphatic rings. The van der Waals surface area contributed by atoms with Gasteiger partial charge in [-0.2, -0.15) is 0 Å². The number of halogens is 2. The maximum absolute atomic E-state index is 13.2. The van der Waals surface area contributed by atoms with Gasteiger partial charge in [-0.3, -0.25) is 9.36 Å². The van der Waals surface area contributed by atoms with Gasteiger partial charge in [-0.05, 0) is 61.0 Å². The molecule has 0 saturated heterocycles. The van der Waals surface area contributed by atoms with Crippen molar-refractivity contribution in [2.45, 2.75) is 13.0 Å². The van der Waals surface area contributed by atoms with Crippen LogP contribution in [0.2, 0.25) is 5.02 Å². The average Bonchev–Trinajstić information content (AvgIpc) is 2.79. The zero-order valence-electron chi connectivity index (χ0n) is 16.8. The molecule has 4 rings (SSSR count). The highest BCUT2D eigenvalue weighted by Gasteiger charge is 2.13. The largest absolute Gasteiger partial charge is 0.497 e. The van der Waals surface area contributed by atoms with E-state index >= 15 is 0 Å². The van der Waals surface area contributed by atoms with Crippen LogP contribution in [0.3, 0.4) is 0 Å². The number of methoxy groups -OCH3 is 1. The first-order valence-corrected chi connectivity index (χ1v) is 11.0. The summed E-state index contributed by atoms with van der Waals surface area (Å²) < 4.78 is 13.7. The topological polar surface area (TPSA) is 53.3 Å². The minimum atomic E-state index is -0.0712. The lowest BCUT2D eigenvalue weighted by molar-refractivity contribution is 0.301. The molecule has 5 nitrogen and oxygen atoms in total. The van der Waals surface area contributed by atoms with Gasteiger partial charge in [-0.25, -0.2) is 4.98 Å². The highest BCUT2D eigenvalue weighted by Crippen LogP contribution is 2.28. The van der Waals surface area contributed by atoms with Crippen molar-refractivity contribution in [1.29, 1.82) is 0 Å². The lowest BCUT2D eigenvalue weighted by Crippen LogP contribution is -2.24. The van der Waals surface area contributed by atoms with Crippen molar-refractivity contribution in [2.24, 2.45) is 0 Å². The molecule has 0 unspecified atom stereocenters. The molecule has 0 saturated carbocycles. The van der Waals surface area contributed by atoms with Crippen LogP contribution in [-0.4, -0.2) is 23.3 Å². The summed E-state index contributed by atoms with van der Waals surface area (Å²) in [6, 6.07) is 20.4. The van der Waals surface area contributed by atoms with E-state index in [1.54, 1.807) is 23.8 Å². The van der Waals surface area contributed by atoms with Crippen molar-refractivity contribution >= 4 is 38.4 Å². The molecule has 1 aromatic heterocycles. The van der Waals surface area contributed by atoms with Gasteiger partial charge in [0, 0.05) is 16.6 Å². The Morgan fingerprint density at radius 3 is 2.58 bits per heavy atom. The first-order chi connectivity index (χ1) is 15.1. The third-order valence-corrected chi connectivity index (χ3v) is 5.68. The molecule has 4 aromatic rings. The lowest BCUT2D eigenvalue weighted by Gasteiger charge is -2.15. The molecule has 7 heteroatoms. The summed E-state index contributed by atoms with van der Waals surface area (Å²) in [5.74, 6) is 1.98. The average molecular weight is 500 g/mol. The van der Waals surface area contributed by atoms with Gasteiger partial charge in [0.2, 0.25) is 0 Å². The van der Waals surface area contributed by atoms with E-state index in [1.165, 1.54) is 0 Å². The Labute approximate surface area is 193 Å². The van der Waals surface area contributed by atoms with Crippen LogP contribution in [-0.2, 0) is 6.54 Å². The van der Waals surface area contributed by atoms with Crippen molar-refractivity contribution in [3.05, 3.63) is 86.6 Å². The Morgan fingerprint density at radius 2 is 1.84 bits per heavy atom. The van der Waals surface area contributed by atoms with Crippen molar-refractivity contribution in [1.82, 2.24) is 9.55 Å². The van der Waals surface area contributed by atoms with Crippen LogP contribution in [0.5, 0.6) is 11.5 Å². The SMILES string of the molecule is COc1ccc(-c2nc3ccccc3c(=O)n2CCCOc2ccc(Br)cc2Cl)cc1. The second kappa shape index (κ2) is 9.54. The van der Waals surface area contributed by atoms with E-state index in [4.69, 9.17) is 26.1 Å². The molecule has 0 aliphatic carbocycles. The lowest BCUT2D eigenvalue weighted by atomic mass is 10.1. The Balaban J connectivity index is 1.61. The molecule has 3 aromatic carbocycles. The van der Waals surface area contributed by atoms with Gasteiger partial charge in [0.1, 0.15) is 17.3 Å². The number of hydrogen-bond donors (Lipinski definition) is 0. The maximum Gasteiger partial charge on any atom is 0.261 e. The highest BCUT2D eigenvalue weighted by molar-refractivity contribution is 9.10. The van der Waals surface area contributed by atoms with Gasteiger partial charge >= 0.3 is 0 Å². The van der Waals surface area contributed by atoms with E-state index in [0.717, 1.165) is 15.8 Å². The Hall–Kier alpha value is -2.83. The number of rotatable bonds is 7. The van der Waals surface area contributed by atoms with Gasteiger partial charge in [0.05, 0.1) is 29.6 Å². The molecule has 0 aliphatic heterocycles. The quantitative estimate of drug-likeness (QED) is 0.295. The van der Waals surface area contributed by atoms with Crippen LogP contribution >= 0.6 is 27.5 Å². The Morgan fingerprint density at radius 1 is 1.06 bits per heavy atom. The third kappa shape index (κ3) is 4.75. The molecule has 0 bridgehead atoms. The summed E-state index contributed by atoms with van der Waals surface area (Å²) in [4.78, 5) is 18.0. The second-order valence-electron chi connectivity index (χ2n) is 6.91. The van der Waals surface area contributed by atoms with Crippen molar-refractivity contribution in [3.63, 3.8) is 0 Å². The van der Waals surface area contributed by atoms with E-state index in [-0.39, 0.29) is 5.56 Å². The molecular weight excluding hydrogens is 480 g/mol. The minimum absolute atomic E-state index is 0.0712. The normalized spacial score (nSPS) is 10.9.